The fraction of sp³-hybridized carbons (Fsp3) is 0.949. The minimum Gasteiger partial charge on any atom is -0.462 e. The lowest BCUT2D eigenvalue weighted by Gasteiger charge is -2.21. The summed E-state index contributed by atoms with van der Waals surface area (Å²) in [5.41, 5.74) is 0. The van der Waals surface area contributed by atoms with E-state index >= 15 is 0 Å². The number of unbranched alkanes of at least 4 members (excludes halogenated alkanes) is 41. The van der Waals surface area contributed by atoms with Crippen molar-refractivity contribution in [3.05, 3.63) is 0 Å². The first-order valence-electron chi connectivity index (χ1n) is 40.7. The summed E-state index contributed by atoms with van der Waals surface area (Å²) in [4.78, 5) is 72.9. The number of aliphatic hydroxyl groups excluding tert-OH is 1. The van der Waals surface area contributed by atoms with Crippen molar-refractivity contribution in [1.82, 2.24) is 0 Å². The van der Waals surface area contributed by atoms with Gasteiger partial charge in [-0.1, -0.05) is 351 Å². The standard InChI is InChI=1S/C79H154O17P2/c1-9-72(8)58-50-42-34-28-29-37-46-54-62-79(84)96-75(66-90-77(82)60-52-44-38-30-33-41-49-57-71(6)7)68-94-98(87,88)92-64-73(80)63-91-97(85,86)93-67-74(95-78(83)61-53-45-36-27-23-19-15-11-13-17-21-25-32-40-48-56-70(4)5)65-89-76(81)59-51-43-35-26-22-18-14-10-12-16-20-24-31-39-47-55-69(2)3/h69-75,80H,9-68H2,1-8H3,(H,85,86)(H,87,88)/t72?,73?,74-,75-/m1/s1. The third-order valence-electron chi connectivity index (χ3n) is 18.7. The van der Waals surface area contributed by atoms with E-state index in [1.807, 2.05) is 0 Å². The van der Waals surface area contributed by atoms with Gasteiger partial charge in [-0.3, -0.25) is 37.3 Å². The third-order valence-corrected chi connectivity index (χ3v) is 20.6. The second-order valence-corrected chi connectivity index (χ2v) is 33.0. The molecule has 0 amide bonds. The van der Waals surface area contributed by atoms with Gasteiger partial charge in [0.25, 0.3) is 0 Å². The maximum atomic E-state index is 13.1. The molecule has 0 spiro atoms. The molecule has 0 aromatic rings. The van der Waals surface area contributed by atoms with E-state index < -0.39 is 97.5 Å². The summed E-state index contributed by atoms with van der Waals surface area (Å²) >= 11 is 0. The molecule has 19 heteroatoms. The van der Waals surface area contributed by atoms with E-state index in [1.54, 1.807) is 0 Å². The van der Waals surface area contributed by atoms with Gasteiger partial charge in [0, 0.05) is 25.7 Å². The Labute approximate surface area is 600 Å². The van der Waals surface area contributed by atoms with Crippen molar-refractivity contribution in [1.29, 1.82) is 0 Å². The van der Waals surface area contributed by atoms with Crippen LogP contribution in [0.25, 0.3) is 0 Å². The fourth-order valence-corrected chi connectivity index (χ4v) is 13.6. The van der Waals surface area contributed by atoms with Gasteiger partial charge in [-0.2, -0.15) is 0 Å². The van der Waals surface area contributed by atoms with Crippen molar-refractivity contribution >= 4 is 39.5 Å². The molecular weight excluding hydrogens is 1280 g/mol. The second-order valence-electron chi connectivity index (χ2n) is 30.1. The van der Waals surface area contributed by atoms with Crippen LogP contribution in [0.5, 0.6) is 0 Å². The zero-order chi connectivity index (χ0) is 72.4. The summed E-state index contributed by atoms with van der Waals surface area (Å²) in [7, 11) is -9.92. The number of esters is 4. The van der Waals surface area contributed by atoms with Gasteiger partial charge in [-0.15, -0.1) is 0 Å². The molecule has 0 saturated heterocycles. The van der Waals surface area contributed by atoms with Gasteiger partial charge in [-0.25, -0.2) is 9.13 Å². The van der Waals surface area contributed by atoms with Crippen molar-refractivity contribution < 1.29 is 80.2 Å². The van der Waals surface area contributed by atoms with E-state index in [9.17, 15) is 43.2 Å². The maximum absolute atomic E-state index is 13.1. The SMILES string of the molecule is CCC(C)CCCCCCCCCCC(=O)O[C@H](COC(=O)CCCCCCCCCC(C)C)COP(=O)(O)OCC(O)COP(=O)(O)OC[C@@H](COC(=O)CCCCCCCCCCCCCCCCCC(C)C)OC(=O)CCCCCCCCCCCCCCCCCC(C)C. The quantitative estimate of drug-likeness (QED) is 0.0222. The molecule has 4 unspecified atom stereocenters. The third kappa shape index (κ3) is 71.1. The van der Waals surface area contributed by atoms with Crippen molar-refractivity contribution in [3.63, 3.8) is 0 Å². The Balaban J connectivity index is 5.24. The van der Waals surface area contributed by atoms with Gasteiger partial charge in [0.2, 0.25) is 0 Å². The summed E-state index contributed by atoms with van der Waals surface area (Å²) in [5, 5.41) is 10.6. The molecule has 0 heterocycles. The van der Waals surface area contributed by atoms with E-state index in [2.05, 4.69) is 55.4 Å². The van der Waals surface area contributed by atoms with Crippen LogP contribution in [0, 0.1) is 23.7 Å². The summed E-state index contributed by atoms with van der Waals surface area (Å²) in [6.07, 6.45) is 54.2. The number of carbonyl (C=O) groups is 4. The topological polar surface area (TPSA) is 237 Å². The zero-order valence-corrected chi connectivity index (χ0v) is 66.2. The molecule has 0 aliphatic carbocycles. The molecule has 0 aromatic carbocycles. The normalized spacial score (nSPS) is 14.3. The highest BCUT2D eigenvalue weighted by Crippen LogP contribution is 2.45. The van der Waals surface area contributed by atoms with Crippen molar-refractivity contribution in [2.45, 2.75) is 420 Å². The smallest absolute Gasteiger partial charge is 0.462 e. The molecule has 17 nitrogen and oxygen atoms in total. The average molecular weight is 1440 g/mol. The number of carbonyl (C=O) groups excluding carboxylic acids is 4. The van der Waals surface area contributed by atoms with Crippen LogP contribution in [0.3, 0.4) is 0 Å². The first kappa shape index (κ1) is 96.1. The van der Waals surface area contributed by atoms with Crippen LogP contribution < -0.4 is 0 Å². The Morgan fingerprint density at radius 3 is 0.724 bits per heavy atom. The molecule has 6 atom stereocenters. The number of phosphoric ester groups is 2. The highest BCUT2D eigenvalue weighted by molar-refractivity contribution is 7.47. The summed E-state index contributed by atoms with van der Waals surface area (Å²) in [6, 6.07) is 0. The Hall–Kier alpha value is -1.94. The molecule has 0 rings (SSSR count). The first-order valence-corrected chi connectivity index (χ1v) is 43.7. The lowest BCUT2D eigenvalue weighted by atomic mass is 9.99. The maximum Gasteiger partial charge on any atom is 0.472 e. The van der Waals surface area contributed by atoms with Crippen LogP contribution in [0.1, 0.15) is 402 Å². The minimum absolute atomic E-state index is 0.104. The number of ether oxygens (including phenoxy) is 4. The van der Waals surface area contributed by atoms with Crippen molar-refractivity contribution in [3.8, 4) is 0 Å². The molecule has 3 N–H and O–H groups in total. The highest BCUT2D eigenvalue weighted by Gasteiger charge is 2.30. The summed E-state index contributed by atoms with van der Waals surface area (Å²) < 4.78 is 68.6. The Morgan fingerprint density at radius 1 is 0.286 bits per heavy atom. The zero-order valence-electron chi connectivity index (χ0n) is 64.4. The second kappa shape index (κ2) is 68.2. The molecule has 0 aliphatic heterocycles. The van der Waals surface area contributed by atoms with E-state index in [1.165, 1.54) is 199 Å². The van der Waals surface area contributed by atoms with Crippen LogP contribution in [-0.4, -0.2) is 96.7 Å². The van der Waals surface area contributed by atoms with Gasteiger partial charge >= 0.3 is 39.5 Å². The monoisotopic (exact) mass is 1440 g/mol. The lowest BCUT2D eigenvalue weighted by molar-refractivity contribution is -0.161. The highest BCUT2D eigenvalue weighted by atomic mass is 31.2. The van der Waals surface area contributed by atoms with Crippen LogP contribution in [0.2, 0.25) is 0 Å². The summed E-state index contributed by atoms with van der Waals surface area (Å²) in [5.74, 6) is 0.965. The van der Waals surface area contributed by atoms with E-state index in [0.29, 0.717) is 31.6 Å². The van der Waals surface area contributed by atoms with E-state index in [0.717, 1.165) is 114 Å². The number of aliphatic hydroxyl groups is 1. The number of hydrogen-bond donors (Lipinski definition) is 3. The van der Waals surface area contributed by atoms with Crippen molar-refractivity contribution in [2.75, 3.05) is 39.6 Å². The number of phosphoric acid groups is 2. The van der Waals surface area contributed by atoms with Crippen LogP contribution in [0.15, 0.2) is 0 Å². The number of hydrogen-bond acceptors (Lipinski definition) is 15. The van der Waals surface area contributed by atoms with E-state index in [4.69, 9.17) is 37.0 Å². The van der Waals surface area contributed by atoms with E-state index in [-0.39, 0.29) is 25.7 Å². The molecule has 0 aliphatic rings. The molecule has 98 heavy (non-hydrogen) atoms. The molecule has 0 radical (unpaired) electrons. The number of rotatable bonds is 76. The van der Waals surface area contributed by atoms with Gasteiger partial charge < -0.3 is 33.8 Å². The molecule has 0 bridgehead atoms. The fourth-order valence-electron chi connectivity index (χ4n) is 12.0. The Morgan fingerprint density at radius 2 is 0.490 bits per heavy atom. The molecule has 0 saturated carbocycles. The largest absolute Gasteiger partial charge is 0.472 e. The van der Waals surface area contributed by atoms with Gasteiger partial charge in [-0.05, 0) is 49.4 Å². The predicted octanol–water partition coefficient (Wildman–Crippen LogP) is 23.2. The van der Waals surface area contributed by atoms with Crippen LogP contribution in [0.4, 0.5) is 0 Å². The Bertz CT molecular complexity index is 1920. The first-order chi connectivity index (χ1) is 47.1. The van der Waals surface area contributed by atoms with Crippen LogP contribution in [-0.2, 0) is 65.4 Å². The molecule has 0 fully saturated rings. The predicted molar refractivity (Wildman–Crippen MR) is 400 cm³/mol. The molecule has 582 valence electrons. The van der Waals surface area contributed by atoms with Gasteiger partial charge in [0.05, 0.1) is 26.4 Å². The molecular formula is C79H154O17P2. The minimum atomic E-state index is -4.96. The Kier molecular flexibility index (Phi) is 66.8. The molecule has 0 aromatic heterocycles. The van der Waals surface area contributed by atoms with Crippen molar-refractivity contribution in [2.24, 2.45) is 23.7 Å². The summed E-state index contributed by atoms with van der Waals surface area (Å²) in [6.45, 7) is 14.2. The van der Waals surface area contributed by atoms with Gasteiger partial charge in [0.15, 0.2) is 12.2 Å². The lowest BCUT2D eigenvalue weighted by Crippen LogP contribution is -2.30. The van der Waals surface area contributed by atoms with Crippen LogP contribution >= 0.6 is 15.6 Å². The average Bonchev–Trinajstić information content (AvgIpc) is 1.01. The van der Waals surface area contributed by atoms with Gasteiger partial charge in [0.1, 0.15) is 19.3 Å².